The van der Waals surface area contributed by atoms with E-state index in [1.807, 2.05) is 54.6 Å². The highest BCUT2D eigenvalue weighted by Gasteiger charge is 2.27. The molecule has 0 heterocycles. The van der Waals surface area contributed by atoms with Crippen LogP contribution in [0.3, 0.4) is 0 Å². The van der Waals surface area contributed by atoms with Crippen LogP contribution in [-0.4, -0.2) is 23.5 Å². The maximum absolute atomic E-state index is 11.7. The third-order valence-corrected chi connectivity index (χ3v) is 4.15. The van der Waals surface area contributed by atoms with Crippen LogP contribution in [0.5, 0.6) is 0 Å². The topological polar surface area (TPSA) is 69.4 Å². The Kier molecular flexibility index (Phi) is 6.69. The van der Waals surface area contributed by atoms with Gasteiger partial charge in [0.15, 0.2) is 0 Å². The molecule has 2 aromatic carbocycles. The van der Waals surface area contributed by atoms with Crippen LogP contribution in [0.4, 0.5) is 0 Å². The van der Waals surface area contributed by atoms with Gasteiger partial charge in [0.1, 0.15) is 0 Å². The molecule has 0 bridgehead atoms. The van der Waals surface area contributed by atoms with Gasteiger partial charge < -0.3 is 4.74 Å². The average molecular weight is 341 g/mol. The van der Waals surface area contributed by atoms with Gasteiger partial charge in [-0.15, -0.1) is 0 Å². The van der Waals surface area contributed by atoms with E-state index in [2.05, 4.69) is 0 Å². The number of hydrogen-bond acceptors (Lipinski definition) is 4. The second kappa shape index (κ2) is 8.97. The van der Waals surface area contributed by atoms with Gasteiger partial charge in [0, 0.05) is 17.8 Å². The first kappa shape index (κ1) is 18.6. The zero-order chi connectivity index (χ0) is 18.2. The molecule has 2 rings (SSSR count). The summed E-state index contributed by atoms with van der Waals surface area (Å²) in [6, 6.07) is 16.9. The molecule has 5 nitrogen and oxygen atoms in total. The molecule has 0 saturated heterocycles. The highest BCUT2D eigenvalue weighted by Crippen LogP contribution is 2.21. The van der Waals surface area contributed by atoms with E-state index < -0.39 is 12.0 Å². The van der Waals surface area contributed by atoms with Crippen LogP contribution in [0.25, 0.3) is 11.1 Å². The predicted octanol–water partition coefficient (Wildman–Crippen LogP) is 4.13. The number of nitro groups is 1. The van der Waals surface area contributed by atoms with E-state index in [1.54, 1.807) is 13.8 Å². The summed E-state index contributed by atoms with van der Waals surface area (Å²) in [5, 5.41) is 11.4. The first-order chi connectivity index (χ1) is 12.0. The molecule has 25 heavy (non-hydrogen) atoms. The number of ether oxygens (including phenoxy) is 1. The molecular weight excluding hydrogens is 318 g/mol. The zero-order valence-corrected chi connectivity index (χ0v) is 14.6. The molecule has 0 spiro atoms. The van der Waals surface area contributed by atoms with E-state index in [0.29, 0.717) is 6.42 Å². The third-order valence-electron chi connectivity index (χ3n) is 4.15. The van der Waals surface area contributed by atoms with Crippen molar-refractivity contribution >= 4 is 5.97 Å². The molecule has 0 amide bonds. The van der Waals surface area contributed by atoms with Gasteiger partial charge in [-0.2, -0.15) is 0 Å². The number of hydrogen-bond donors (Lipinski definition) is 0. The summed E-state index contributed by atoms with van der Waals surface area (Å²) in [6.07, 6.45) is 0.470. The van der Waals surface area contributed by atoms with E-state index >= 15 is 0 Å². The molecule has 2 aromatic rings. The van der Waals surface area contributed by atoms with Gasteiger partial charge in [0.2, 0.25) is 6.04 Å². The Labute approximate surface area is 147 Å². The van der Waals surface area contributed by atoms with Gasteiger partial charge in [0.25, 0.3) is 0 Å². The largest absolute Gasteiger partial charge is 0.466 e. The smallest absolute Gasteiger partial charge is 0.308 e. The molecule has 0 radical (unpaired) electrons. The fourth-order valence-corrected chi connectivity index (χ4v) is 2.77. The average Bonchev–Trinajstić information content (AvgIpc) is 2.62. The molecule has 132 valence electrons. The number of carbonyl (C=O) groups excluding carboxylic acids is 1. The van der Waals surface area contributed by atoms with Crippen LogP contribution in [0.2, 0.25) is 0 Å². The van der Waals surface area contributed by atoms with E-state index in [-0.39, 0.29) is 23.9 Å². The van der Waals surface area contributed by atoms with Crippen LogP contribution in [0, 0.1) is 16.0 Å². The van der Waals surface area contributed by atoms with Crippen LogP contribution in [-0.2, 0) is 16.0 Å². The minimum atomic E-state index is -0.804. The van der Waals surface area contributed by atoms with Crippen LogP contribution < -0.4 is 0 Å². The van der Waals surface area contributed by atoms with Gasteiger partial charge in [-0.1, -0.05) is 61.5 Å². The lowest BCUT2D eigenvalue weighted by Gasteiger charge is -2.14. The van der Waals surface area contributed by atoms with Crippen molar-refractivity contribution in [1.82, 2.24) is 0 Å². The third kappa shape index (κ3) is 5.41. The molecule has 0 fully saturated rings. The number of benzene rings is 2. The molecule has 0 aliphatic carbocycles. The maximum Gasteiger partial charge on any atom is 0.308 e. The Bertz CT molecular complexity index is 697. The minimum absolute atomic E-state index is 0.173. The first-order valence-corrected chi connectivity index (χ1v) is 8.45. The first-order valence-electron chi connectivity index (χ1n) is 8.45. The number of nitrogens with zero attached hydrogens (tertiary/aromatic N) is 1. The summed E-state index contributed by atoms with van der Waals surface area (Å²) >= 11 is 0. The molecular formula is C20H23NO4. The normalized spacial score (nSPS) is 13.0. The van der Waals surface area contributed by atoms with Crippen molar-refractivity contribution in [1.29, 1.82) is 0 Å². The molecule has 0 N–H and O–H groups in total. The Morgan fingerprint density at radius 2 is 1.68 bits per heavy atom. The number of rotatable bonds is 8. The molecule has 0 unspecified atom stereocenters. The van der Waals surface area contributed by atoms with Crippen molar-refractivity contribution in [3.05, 3.63) is 70.3 Å². The van der Waals surface area contributed by atoms with Crippen molar-refractivity contribution in [3.8, 4) is 11.1 Å². The van der Waals surface area contributed by atoms with E-state index in [4.69, 9.17) is 4.74 Å². The molecule has 0 aromatic heterocycles. The van der Waals surface area contributed by atoms with E-state index in [9.17, 15) is 14.9 Å². The van der Waals surface area contributed by atoms with Gasteiger partial charge in [-0.25, -0.2) is 0 Å². The highest BCUT2D eigenvalue weighted by molar-refractivity contribution is 5.72. The second-order valence-electron chi connectivity index (χ2n) is 6.10. The second-order valence-corrected chi connectivity index (χ2v) is 6.10. The van der Waals surface area contributed by atoms with Crippen molar-refractivity contribution in [2.75, 3.05) is 6.61 Å². The minimum Gasteiger partial charge on any atom is -0.466 e. The summed E-state index contributed by atoms with van der Waals surface area (Å²) in [5.74, 6) is -0.868. The molecule has 0 aliphatic rings. The summed E-state index contributed by atoms with van der Waals surface area (Å²) < 4.78 is 4.94. The van der Waals surface area contributed by atoms with Crippen LogP contribution >= 0.6 is 0 Å². The lowest BCUT2D eigenvalue weighted by molar-refractivity contribution is -0.524. The lowest BCUT2D eigenvalue weighted by Crippen LogP contribution is -2.28. The predicted molar refractivity (Wildman–Crippen MR) is 96.8 cm³/mol. The molecule has 5 heteroatoms. The summed E-state index contributed by atoms with van der Waals surface area (Å²) in [6.45, 7) is 3.68. The Morgan fingerprint density at radius 3 is 2.24 bits per heavy atom. The van der Waals surface area contributed by atoms with Crippen molar-refractivity contribution in [3.63, 3.8) is 0 Å². The van der Waals surface area contributed by atoms with Gasteiger partial charge in [-0.05, 0) is 23.6 Å². The fraction of sp³-hybridized carbons (Fsp3) is 0.350. The van der Waals surface area contributed by atoms with Crippen molar-refractivity contribution in [2.24, 2.45) is 5.92 Å². The van der Waals surface area contributed by atoms with Gasteiger partial charge in [0.05, 0.1) is 12.5 Å². The lowest BCUT2D eigenvalue weighted by atomic mass is 9.95. The number of esters is 1. The maximum atomic E-state index is 11.7. The van der Waals surface area contributed by atoms with Gasteiger partial charge >= 0.3 is 5.97 Å². The number of carbonyl (C=O) groups is 1. The van der Waals surface area contributed by atoms with E-state index in [1.165, 1.54) is 0 Å². The molecule has 0 saturated carbocycles. The standard InChI is InChI=1S/C20H23NO4/c1-3-25-20(22)15(2)13-19(21(23)24)14-16-9-11-18(12-10-16)17-7-5-4-6-8-17/h4-12,15,19H,3,13-14H2,1-2H3/t15-,19+/m1/s1. The SMILES string of the molecule is CCOC(=O)[C@H](C)C[C@@H](Cc1ccc(-c2ccccc2)cc1)[N+](=O)[O-]. The quantitative estimate of drug-likeness (QED) is 0.411. The zero-order valence-electron chi connectivity index (χ0n) is 14.6. The summed E-state index contributed by atoms with van der Waals surface area (Å²) in [4.78, 5) is 22.8. The van der Waals surface area contributed by atoms with E-state index in [0.717, 1.165) is 16.7 Å². The van der Waals surface area contributed by atoms with Gasteiger partial charge in [-0.3, -0.25) is 14.9 Å². The monoisotopic (exact) mass is 341 g/mol. The van der Waals surface area contributed by atoms with Crippen molar-refractivity contribution < 1.29 is 14.5 Å². The Hall–Kier alpha value is -2.69. The van der Waals surface area contributed by atoms with Crippen LogP contribution in [0.15, 0.2) is 54.6 Å². The highest BCUT2D eigenvalue weighted by atomic mass is 16.6. The Morgan fingerprint density at radius 1 is 1.08 bits per heavy atom. The molecule has 2 atom stereocenters. The summed E-state index contributed by atoms with van der Waals surface area (Å²) in [5.41, 5.74) is 3.06. The molecule has 0 aliphatic heterocycles. The Balaban J connectivity index is 2.04. The fourth-order valence-electron chi connectivity index (χ4n) is 2.77. The summed E-state index contributed by atoms with van der Waals surface area (Å²) in [7, 11) is 0. The van der Waals surface area contributed by atoms with Crippen LogP contribution in [0.1, 0.15) is 25.8 Å². The van der Waals surface area contributed by atoms with Crippen molar-refractivity contribution in [2.45, 2.75) is 32.7 Å².